The zero-order valence-electron chi connectivity index (χ0n) is 15.0. The normalized spacial score (nSPS) is 15.9. The van der Waals surface area contributed by atoms with E-state index < -0.39 is 0 Å². The third-order valence-electron chi connectivity index (χ3n) is 4.79. The van der Waals surface area contributed by atoms with Crippen LogP contribution < -0.4 is 4.74 Å². The second-order valence-corrected chi connectivity index (χ2v) is 6.81. The molecule has 1 aromatic heterocycles. The molecule has 5 nitrogen and oxygen atoms in total. The summed E-state index contributed by atoms with van der Waals surface area (Å²) in [4.78, 5) is 10.3. The molecule has 0 radical (unpaired) electrons. The maximum Gasteiger partial charge on any atom is 0.122 e. The van der Waals surface area contributed by atoms with Crippen LogP contribution in [0.1, 0.15) is 50.9 Å². The number of ether oxygens (including phenoxy) is 1. The van der Waals surface area contributed by atoms with Gasteiger partial charge in [0, 0.05) is 38.4 Å². The summed E-state index contributed by atoms with van der Waals surface area (Å²) in [6.45, 7) is 7.97. The number of unbranched alkanes of at least 4 members (excludes halogenated alkanes) is 1. The number of H-pyrrole nitrogens is 1. The van der Waals surface area contributed by atoms with Gasteiger partial charge >= 0.3 is 0 Å². The number of hydrogen-bond acceptors (Lipinski definition) is 3. The molecule has 2 N–H and O–H groups in total. The number of likely N-dealkylation sites (tertiary alicyclic amines) is 1. The lowest BCUT2D eigenvalue weighted by atomic mass is 10.1. The van der Waals surface area contributed by atoms with Crippen LogP contribution in [0.3, 0.4) is 0 Å². The van der Waals surface area contributed by atoms with Crippen molar-refractivity contribution in [2.24, 2.45) is 0 Å². The van der Waals surface area contributed by atoms with Gasteiger partial charge in [0.15, 0.2) is 0 Å². The first kappa shape index (κ1) is 16.8. The van der Waals surface area contributed by atoms with Crippen molar-refractivity contribution in [2.75, 3.05) is 13.1 Å². The molecular weight excluding hydrogens is 300 g/mol. The van der Waals surface area contributed by atoms with E-state index in [1.165, 1.54) is 6.42 Å². The highest BCUT2D eigenvalue weighted by atomic mass is 16.5. The first-order valence-electron chi connectivity index (χ1n) is 9.02. The second kappa shape index (κ2) is 7.24. The average Bonchev–Trinajstić information content (AvgIpc) is 2.97. The number of benzene rings is 1. The lowest BCUT2D eigenvalue weighted by Crippen LogP contribution is -2.40. The summed E-state index contributed by atoms with van der Waals surface area (Å²) in [7, 11) is 0. The highest BCUT2D eigenvalue weighted by molar-refractivity contribution is 5.80. The van der Waals surface area contributed by atoms with Gasteiger partial charge in [-0.25, -0.2) is 4.98 Å². The predicted octanol–water partition coefficient (Wildman–Crippen LogP) is 4.05. The van der Waals surface area contributed by atoms with Crippen molar-refractivity contribution in [1.82, 2.24) is 14.9 Å². The topological polar surface area (TPSA) is 65.0 Å². The number of aromatic amines is 1. The minimum absolute atomic E-state index is 0.236. The van der Waals surface area contributed by atoms with E-state index in [9.17, 15) is 0 Å². The molecule has 130 valence electrons. The Morgan fingerprint density at radius 1 is 1.38 bits per heavy atom. The molecule has 0 unspecified atom stereocenters. The Bertz CT molecular complexity index is 713. The molecule has 2 heterocycles. The Morgan fingerprint density at radius 3 is 2.79 bits per heavy atom. The van der Waals surface area contributed by atoms with E-state index in [0.29, 0.717) is 5.84 Å². The fourth-order valence-electron chi connectivity index (χ4n) is 3.34. The maximum atomic E-state index is 7.72. The number of amidine groups is 1. The van der Waals surface area contributed by atoms with Crippen molar-refractivity contribution >= 4 is 16.9 Å². The van der Waals surface area contributed by atoms with Crippen LogP contribution in [0.2, 0.25) is 0 Å². The second-order valence-electron chi connectivity index (χ2n) is 6.81. The summed E-state index contributed by atoms with van der Waals surface area (Å²) in [6.07, 6.45) is 5.52. The first-order chi connectivity index (χ1) is 11.6. The number of hydrogen-bond donors (Lipinski definition) is 2. The highest BCUT2D eigenvalue weighted by Gasteiger charge is 2.21. The lowest BCUT2D eigenvalue weighted by Gasteiger charge is -2.32. The van der Waals surface area contributed by atoms with E-state index in [1.54, 1.807) is 0 Å². The summed E-state index contributed by atoms with van der Waals surface area (Å²) >= 11 is 0. The van der Waals surface area contributed by atoms with E-state index in [-0.39, 0.29) is 6.10 Å². The van der Waals surface area contributed by atoms with Gasteiger partial charge in [0.25, 0.3) is 0 Å². The summed E-state index contributed by atoms with van der Waals surface area (Å²) in [5.74, 6) is 2.65. The van der Waals surface area contributed by atoms with Gasteiger partial charge in [-0.1, -0.05) is 13.3 Å². The number of nitrogens with one attached hydrogen (secondary N) is 2. The van der Waals surface area contributed by atoms with Crippen LogP contribution in [0, 0.1) is 12.3 Å². The van der Waals surface area contributed by atoms with Crippen molar-refractivity contribution in [1.29, 1.82) is 5.41 Å². The molecule has 1 aliphatic rings. The fraction of sp³-hybridized carbons (Fsp3) is 0.579. The van der Waals surface area contributed by atoms with E-state index in [2.05, 4.69) is 35.9 Å². The molecule has 0 aliphatic carbocycles. The molecule has 1 saturated heterocycles. The molecule has 0 saturated carbocycles. The van der Waals surface area contributed by atoms with E-state index in [4.69, 9.17) is 15.1 Å². The Hall–Kier alpha value is -2.04. The van der Waals surface area contributed by atoms with Gasteiger partial charge in [-0.15, -0.1) is 0 Å². The molecule has 5 heteroatoms. The Kier molecular flexibility index (Phi) is 5.07. The first-order valence-corrected chi connectivity index (χ1v) is 9.02. The van der Waals surface area contributed by atoms with Crippen molar-refractivity contribution in [3.63, 3.8) is 0 Å². The van der Waals surface area contributed by atoms with Crippen molar-refractivity contribution in [2.45, 2.75) is 59.0 Å². The third kappa shape index (κ3) is 3.71. The Labute approximate surface area is 143 Å². The highest BCUT2D eigenvalue weighted by Crippen LogP contribution is 2.26. The van der Waals surface area contributed by atoms with Crippen LogP contribution in [0.4, 0.5) is 0 Å². The summed E-state index contributed by atoms with van der Waals surface area (Å²) < 4.78 is 6.22. The Balaban J connectivity index is 1.70. The number of piperidine rings is 1. The Morgan fingerprint density at radius 2 is 2.12 bits per heavy atom. The molecule has 0 amide bonds. The van der Waals surface area contributed by atoms with Gasteiger partial charge in [0.05, 0.1) is 16.9 Å². The van der Waals surface area contributed by atoms with Crippen molar-refractivity contribution in [3.8, 4) is 5.75 Å². The molecule has 2 aromatic rings. The number of aromatic nitrogens is 2. The van der Waals surface area contributed by atoms with Crippen LogP contribution >= 0.6 is 0 Å². The van der Waals surface area contributed by atoms with Gasteiger partial charge in [0.2, 0.25) is 0 Å². The largest absolute Gasteiger partial charge is 0.490 e. The standard InChI is InChI=1S/C19H28N4O/c1-4-5-6-18-21-17-12-16(11-13(2)19(17)22-18)24-15-7-9-23(10-8-15)14(3)20/h11-12,15,20H,4-10H2,1-3H3,(H,21,22). The zero-order chi connectivity index (χ0) is 17.1. The maximum absolute atomic E-state index is 7.72. The summed E-state index contributed by atoms with van der Waals surface area (Å²) in [5, 5.41) is 7.72. The molecule has 1 aliphatic heterocycles. The molecule has 1 aromatic carbocycles. The van der Waals surface area contributed by atoms with Crippen molar-refractivity contribution in [3.05, 3.63) is 23.5 Å². The smallest absolute Gasteiger partial charge is 0.122 e. The number of nitrogens with zero attached hydrogens (tertiary/aromatic N) is 2. The van der Waals surface area contributed by atoms with Gasteiger partial charge in [-0.2, -0.15) is 0 Å². The van der Waals surface area contributed by atoms with Crippen LogP contribution in [0.25, 0.3) is 11.0 Å². The van der Waals surface area contributed by atoms with Gasteiger partial charge in [0.1, 0.15) is 17.7 Å². The molecule has 24 heavy (non-hydrogen) atoms. The van der Waals surface area contributed by atoms with Crippen LogP contribution in [-0.4, -0.2) is 39.9 Å². The SMILES string of the molecule is CCCCc1nc2c(C)cc(OC3CCN(C(C)=N)CC3)cc2[nH]1. The fourth-order valence-corrected chi connectivity index (χ4v) is 3.34. The quantitative estimate of drug-likeness (QED) is 0.643. The monoisotopic (exact) mass is 328 g/mol. The predicted molar refractivity (Wildman–Crippen MR) is 98.1 cm³/mol. The van der Waals surface area contributed by atoms with Gasteiger partial charge in [-0.3, -0.25) is 5.41 Å². The summed E-state index contributed by atoms with van der Waals surface area (Å²) in [5.41, 5.74) is 3.29. The number of imidazole rings is 1. The molecule has 0 spiro atoms. The number of fused-ring (bicyclic) bond motifs is 1. The van der Waals surface area contributed by atoms with Crippen LogP contribution in [-0.2, 0) is 6.42 Å². The minimum Gasteiger partial charge on any atom is -0.490 e. The minimum atomic E-state index is 0.236. The summed E-state index contributed by atoms with van der Waals surface area (Å²) in [6, 6.07) is 4.18. The van der Waals surface area contributed by atoms with Crippen LogP contribution in [0.15, 0.2) is 12.1 Å². The van der Waals surface area contributed by atoms with Gasteiger partial charge in [-0.05, 0) is 31.9 Å². The van der Waals surface area contributed by atoms with E-state index in [0.717, 1.165) is 66.9 Å². The lowest BCUT2D eigenvalue weighted by molar-refractivity contribution is 0.130. The van der Waals surface area contributed by atoms with E-state index >= 15 is 0 Å². The van der Waals surface area contributed by atoms with Gasteiger partial charge < -0.3 is 14.6 Å². The molecule has 0 atom stereocenters. The zero-order valence-corrected chi connectivity index (χ0v) is 15.0. The molecular formula is C19H28N4O. The molecule has 3 rings (SSSR count). The van der Waals surface area contributed by atoms with Crippen molar-refractivity contribution < 1.29 is 4.74 Å². The van der Waals surface area contributed by atoms with E-state index in [1.807, 2.05) is 6.92 Å². The number of rotatable bonds is 5. The average molecular weight is 328 g/mol. The third-order valence-corrected chi connectivity index (χ3v) is 4.79. The molecule has 1 fully saturated rings. The number of aryl methyl sites for hydroxylation is 2. The van der Waals surface area contributed by atoms with Crippen LogP contribution in [0.5, 0.6) is 5.75 Å². The molecule has 0 bridgehead atoms.